The minimum absolute atomic E-state index is 0.921. The van der Waals surface area contributed by atoms with Gasteiger partial charge in [-0.2, -0.15) is 0 Å². The molecule has 0 bridgehead atoms. The highest BCUT2D eigenvalue weighted by molar-refractivity contribution is 5.73. The number of ether oxygens (including phenoxy) is 21. The fraction of sp³-hybridized carbons (Fsp3) is 0.985. The Morgan fingerprint density at radius 1 is 0.208 bits per heavy atom. The van der Waals surface area contributed by atoms with Crippen molar-refractivity contribution in [3.05, 3.63) is 0 Å². The maximum Gasteiger partial charge on any atom is 0.217 e. The maximum absolute atomic E-state index is 12.7. The molecule has 125 heavy (non-hydrogen) atoms. The molecule has 11 aliphatic heterocycles. The van der Waals surface area contributed by atoms with Crippen molar-refractivity contribution in [1.29, 1.82) is 0 Å². The van der Waals surface area contributed by atoms with Crippen LogP contribution in [0.2, 0.25) is 0 Å². The van der Waals surface area contributed by atoms with Crippen molar-refractivity contribution < 1.29 is 278 Å². The summed E-state index contributed by atoms with van der Waals surface area (Å²) in [6, 6.07) is -1.91. The molecular formula is C68H115NO56. The Kier molecular flexibility index (Phi) is 36.7. The Labute approximate surface area is 704 Å². The molecule has 57 nitrogen and oxygen atoms in total. The molecule has 0 aromatic heterocycles. The first kappa shape index (κ1) is 103. The zero-order valence-corrected chi connectivity index (χ0v) is 65.7. The van der Waals surface area contributed by atoms with Crippen LogP contribution in [0.4, 0.5) is 0 Å². The van der Waals surface area contributed by atoms with E-state index in [2.05, 4.69) is 5.32 Å². The van der Waals surface area contributed by atoms with Crippen LogP contribution < -0.4 is 5.32 Å². The second-order valence-corrected chi connectivity index (χ2v) is 31.6. The SMILES string of the molecule is CC(=O)N[C@H]1C(O)O[C@H](CO)[C@@H](O)[C@@H]1O[C@@H]1O[C@H](CO[C@H]2O[C@H](CO[C@H]3O[C@H](CO)[C@@H](O)[C@H](O)[C@@H]3O[C@H]3O[C@H](CO)[C@@H](O)[C@H](O)[C@@H]3O)[C@@H](O)[C@H](O[C@H]3O[C@H](CO)[C@@H](O)[C@H](O)[C@@H]3O[C@H]3O[C@H](CO)[C@@H](O)[C@H](O)[C@@H]3O)[C@@H]2O)[C@@H](O)[C@H](O[C@H]2O[C@H](CO)[C@@H](O)[C@H](O)[C@@H]2O[C@H]2O[C@H](CO)[C@@H](O)[C@H](O)[C@@H]2O[C@H]2O[C@H](CO)[C@@H](O)[C@H](O[C@H]3O[C@H](CO)[C@@H](O)[C@H](O)[C@H]3O)[C@@H]2O)[C@@H]1O. The number of hydrogen-bond donors (Lipinski definition) is 35. The molecule has 0 aromatic carbocycles. The molecule has 35 N–H and O–H groups in total. The number of hydrogen-bond acceptors (Lipinski definition) is 56. The molecule has 1 amide bonds. The van der Waals surface area contributed by atoms with E-state index >= 15 is 0 Å². The van der Waals surface area contributed by atoms with Gasteiger partial charge in [0.25, 0.3) is 0 Å². The third-order valence-corrected chi connectivity index (χ3v) is 23.4. The molecule has 0 saturated carbocycles. The maximum atomic E-state index is 12.7. The molecule has 57 heteroatoms. The average molecular weight is 1840 g/mol. The highest BCUT2D eigenvalue weighted by Crippen LogP contribution is 2.42. The Balaban J connectivity index is 0.933. The summed E-state index contributed by atoms with van der Waals surface area (Å²) >= 11 is 0. The van der Waals surface area contributed by atoms with Crippen LogP contribution in [0, 0.1) is 0 Å². The molecule has 11 heterocycles. The van der Waals surface area contributed by atoms with Crippen LogP contribution in [0.1, 0.15) is 6.92 Å². The van der Waals surface area contributed by atoms with Gasteiger partial charge in [0, 0.05) is 6.92 Å². The lowest BCUT2D eigenvalue weighted by Gasteiger charge is -2.51. The van der Waals surface area contributed by atoms with Gasteiger partial charge in [-0.15, -0.1) is 0 Å². The van der Waals surface area contributed by atoms with Crippen molar-refractivity contribution in [2.45, 2.75) is 345 Å². The molecule has 11 saturated heterocycles. The normalized spacial score (nSPS) is 52.7. The summed E-state index contributed by atoms with van der Waals surface area (Å²) in [4.78, 5) is 12.7. The molecule has 0 spiro atoms. The number of nitrogens with one attached hydrogen (secondary N) is 1. The largest absolute Gasteiger partial charge is 0.394 e. The Morgan fingerprint density at radius 2 is 0.408 bits per heavy atom. The second kappa shape index (κ2) is 44.6. The van der Waals surface area contributed by atoms with Crippen LogP contribution in [0.15, 0.2) is 0 Å². The van der Waals surface area contributed by atoms with E-state index in [4.69, 9.17) is 99.5 Å². The number of aliphatic hydroxyl groups is 34. The second-order valence-electron chi connectivity index (χ2n) is 31.6. The fourth-order valence-electron chi connectivity index (χ4n) is 16.0. The van der Waals surface area contributed by atoms with Crippen LogP contribution in [-0.2, 0) is 104 Å². The Hall–Kier alpha value is -2.73. The van der Waals surface area contributed by atoms with Crippen molar-refractivity contribution in [3.63, 3.8) is 0 Å². The fourth-order valence-corrected chi connectivity index (χ4v) is 16.0. The first-order chi connectivity index (χ1) is 59.3. The third-order valence-electron chi connectivity index (χ3n) is 23.4. The van der Waals surface area contributed by atoms with Gasteiger partial charge in [-0.05, 0) is 0 Å². The van der Waals surface area contributed by atoms with Crippen LogP contribution in [0.25, 0.3) is 0 Å². The van der Waals surface area contributed by atoms with Crippen molar-refractivity contribution in [2.75, 3.05) is 72.7 Å². The summed E-state index contributed by atoms with van der Waals surface area (Å²) in [5.41, 5.74) is 0. The van der Waals surface area contributed by atoms with Gasteiger partial charge in [0.05, 0.1) is 72.7 Å². The molecule has 1 unspecified atom stereocenters. The monoisotopic (exact) mass is 1840 g/mol. The zero-order valence-electron chi connectivity index (χ0n) is 65.7. The summed E-state index contributed by atoms with van der Waals surface area (Å²) in [5.74, 6) is -0.953. The smallest absolute Gasteiger partial charge is 0.217 e. The number of carbonyl (C=O) groups excluding carboxylic acids is 1. The number of carbonyl (C=O) groups is 1. The third kappa shape index (κ3) is 21.8. The highest BCUT2D eigenvalue weighted by atomic mass is 16.8. The molecule has 0 radical (unpaired) electrons. The molecule has 728 valence electrons. The molecule has 55 atom stereocenters. The van der Waals surface area contributed by atoms with E-state index in [0.29, 0.717) is 0 Å². The molecule has 11 fully saturated rings. The highest BCUT2D eigenvalue weighted by Gasteiger charge is 2.62. The minimum atomic E-state index is -2.65. The van der Waals surface area contributed by atoms with Gasteiger partial charge in [-0.25, -0.2) is 0 Å². The predicted octanol–water partition coefficient (Wildman–Crippen LogP) is -24.8. The van der Waals surface area contributed by atoms with E-state index < -0.39 is 416 Å². The van der Waals surface area contributed by atoms with Crippen LogP contribution in [-0.4, -0.2) is 590 Å². The van der Waals surface area contributed by atoms with E-state index in [-0.39, 0.29) is 0 Å². The lowest BCUT2D eigenvalue weighted by atomic mass is 9.94. The summed E-state index contributed by atoms with van der Waals surface area (Å²) in [7, 11) is 0. The van der Waals surface area contributed by atoms with Gasteiger partial charge >= 0.3 is 0 Å². The molecule has 0 aliphatic carbocycles. The number of rotatable bonds is 32. The van der Waals surface area contributed by atoms with E-state index in [1.165, 1.54) is 0 Å². The first-order valence-corrected chi connectivity index (χ1v) is 39.7. The topological polar surface area (TPSA) is 911 Å². The quantitative estimate of drug-likeness (QED) is 0.0297. The zero-order chi connectivity index (χ0) is 91.7. The lowest BCUT2D eigenvalue weighted by Crippen LogP contribution is -2.69. The summed E-state index contributed by atoms with van der Waals surface area (Å²) in [6.07, 6.45) is -120. The minimum Gasteiger partial charge on any atom is -0.394 e. The predicted molar refractivity (Wildman–Crippen MR) is 374 cm³/mol. The van der Waals surface area contributed by atoms with Crippen LogP contribution in [0.3, 0.4) is 0 Å². The summed E-state index contributed by atoms with van der Waals surface area (Å²) in [5, 5.41) is 379. The van der Waals surface area contributed by atoms with E-state index in [0.717, 1.165) is 6.92 Å². The van der Waals surface area contributed by atoms with Gasteiger partial charge in [0.2, 0.25) is 5.91 Å². The average Bonchev–Trinajstić information content (AvgIpc) is 0.773. The first-order valence-electron chi connectivity index (χ1n) is 39.7. The van der Waals surface area contributed by atoms with Crippen molar-refractivity contribution in [1.82, 2.24) is 5.32 Å². The summed E-state index contributed by atoms with van der Waals surface area (Å²) < 4.78 is 123. The van der Waals surface area contributed by atoms with Gasteiger partial charge in [-0.1, -0.05) is 0 Å². The van der Waals surface area contributed by atoms with Crippen LogP contribution in [0.5, 0.6) is 0 Å². The van der Waals surface area contributed by atoms with Gasteiger partial charge < -0.3 is 278 Å². The van der Waals surface area contributed by atoms with Crippen molar-refractivity contribution in [2.24, 2.45) is 0 Å². The summed E-state index contributed by atoms with van der Waals surface area (Å²) in [6.45, 7) is -11.7. The van der Waals surface area contributed by atoms with E-state index in [9.17, 15) is 178 Å². The van der Waals surface area contributed by atoms with Crippen molar-refractivity contribution in [3.8, 4) is 0 Å². The molecule has 11 rings (SSSR count). The molecule has 11 aliphatic rings. The Bertz CT molecular complexity index is 3250. The van der Waals surface area contributed by atoms with E-state index in [1.807, 2.05) is 0 Å². The van der Waals surface area contributed by atoms with Crippen LogP contribution >= 0.6 is 0 Å². The van der Waals surface area contributed by atoms with Gasteiger partial charge in [0.15, 0.2) is 69.2 Å². The molecular weight excluding hydrogens is 1730 g/mol. The van der Waals surface area contributed by atoms with Crippen molar-refractivity contribution >= 4 is 5.91 Å². The van der Waals surface area contributed by atoms with Gasteiger partial charge in [-0.3, -0.25) is 4.79 Å². The Morgan fingerprint density at radius 3 is 0.728 bits per heavy atom. The number of aliphatic hydroxyl groups excluding tert-OH is 34. The number of amides is 1. The van der Waals surface area contributed by atoms with Gasteiger partial charge in [0.1, 0.15) is 269 Å². The molecule has 0 aromatic rings. The standard InChI is InChI=1S/C68H115NO56/c1-13(79)69-25-50(33(87)21(9-77)107-58(25)104)118-64-49(103)53(121-67-57(43(97)32(86)19(7-75)114-67)125-68-56(42(96)31(85)20(8-76)115-68)124-63-48(102)51(34(88)22(10-78)111-63)119-60-44(98)37(91)26(80)14(2-70)108-60)36(90)24(117-64)11-105-59-47(101)52(120-66-55(41(95)30(84)18(6-74)113-66)123-62-46(100)39(93)28(82)16(4-72)110-62)35(89)23(116-59)12-106-65-54(40(94)29(83)17(5-73)112-65)122-61-45(99)38(92)27(81)15(3-71)109-61/h14-68,70-78,80-104H,2-12H2,1H3,(H,69,79)/t14-,15-,16-,17-,18-,19-,20-,21-,22-,23-,24-,25-,26-,27-,28-,29-,30-,31-,32-,33-,34-,35-,36-,37+,38+,39+,40+,41+,42+,43+,44-,45+,46+,47+,48+,49+,50-,51+,52+,53+,54+,55+,56+,57+,58?,59+,60-,61-,62-,63-,64+,65+,66-,67-,68-/m1/s1. The lowest BCUT2D eigenvalue weighted by molar-refractivity contribution is -0.410. The van der Waals surface area contributed by atoms with E-state index in [1.54, 1.807) is 0 Å².